The first-order valence-electron chi connectivity index (χ1n) is 5.89. The van der Waals surface area contributed by atoms with Gasteiger partial charge in [-0.2, -0.15) is 0 Å². The molecule has 0 saturated heterocycles. The molecule has 1 fully saturated rings. The van der Waals surface area contributed by atoms with E-state index in [0.29, 0.717) is 5.69 Å². The van der Waals surface area contributed by atoms with Crippen LogP contribution in [0.1, 0.15) is 42.6 Å². The summed E-state index contributed by atoms with van der Waals surface area (Å²) in [5.74, 6) is -0.129. The average Bonchev–Trinajstić information content (AvgIpc) is 2.73. The van der Waals surface area contributed by atoms with Crippen molar-refractivity contribution in [2.45, 2.75) is 44.2 Å². The largest absolute Gasteiger partial charge is 0.391 e. The second-order valence-corrected chi connectivity index (χ2v) is 4.37. The summed E-state index contributed by atoms with van der Waals surface area (Å²) in [5, 5.41) is 12.8. The lowest BCUT2D eigenvalue weighted by Gasteiger charge is -2.21. The normalized spacial score (nSPS) is 26.1. The van der Waals surface area contributed by atoms with Crippen LogP contribution in [0.25, 0.3) is 0 Å². The molecule has 1 saturated carbocycles. The van der Waals surface area contributed by atoms with Gasteiger partial charge in [0.15, 0.2) is 0 Å². The summed E-state index contributed by atoms with van der Waals surface area (Å²) in [6.45, 7) is 0. The molecular weight excluding hydrogens is 204 g/mol. The molecule has 1 aromatic rings. The molecule has 1 aliphatic rings. The summed E-state index contributed by atoms with van der Waals surface area (Å²) in [4.78, 5) is 14.6. The molecule has 0 radical (unpaired) electrons. The number of carbonyl (C=O) groups excluding carboxylic acids is 1. The summed E-state index contributed by atoms with van der Waals surface area (Å²) >= 11 is 0. The van der Waals surface area contributed by atoms with E-state index < -0.39 is 6.10 Å². The fourth-order valence-corrected chi connectivity index (χ4v) is 2.17. The van der Waals surface area contributed by atoms with Gasteiger partial charge in [0.05, 0.1) is 12.1 Å². The third-order valence-electron chi connectivity index (χ3n) is 3.14. The van der Waals surface area contributed by atoms with Crippen LogP contribution in [0.5, 0.6) is 0 Å². The molecule has 0 aliphatic heterocycles. The van der Waals surface area contributed by atoms with Gasteiger partial charge in [0.1, 0.15) is 5.69 Å². The number of amides is 1. The Labute approximate surface area is 95.1 Å². The zero-order valence-corrected chi connectivity index (χ0v) is 9.28. The lowest BCUT2D eigenvalue weighted by Crippen LogP contribution is -2.42. The van der Waals surface area contributed by atoms with Crippen LogP contribution in [0, 0.1) is 0 Å². The quantitative estimate of drug-likeness (QED) is 0.663. The third-order valence-corrected chi connectivity index (χ3v) is 3.14. The predicted molar refractivity (Wildman–Crippen MR) is 61.1 cm³/mol. The Bertz CT molecular complexity index is 335. The minimum atomic E-state index is -0.401. The highest BCUT2D eigenvalue weighted by atomic mass is 16.3. The maximum absolute atomic E-state index is 11.8. The first-order chi connectivity index (χ1) is 7.77. The number of hydrogen-bond acceptors (Lipinski definition) is 2. The van der Waals surface area contributed by atoms with Crippen LogP contribution < -0.4 is 5.32 Å². The maximum atomic E-state index is 11.8. The second kappa shape index (κ2) is 5.16. The summed E-state index contributed by atoms with van der Waals surface area (Å²) < 4.78 is 0. The van der Waals surface area contributed by atoms with Crippen LogP contribution in [0.2, 0.25) is 0 Å². The molecule has 3 N–H and O–H groups in total. The fourth-order valence-electron chi connectivity index (χ4n) is 2.17. The van der Waals surface area contributed by atoms with Crippen LogP contribution in [0.3, 0.4) is 0 Å². The molecule has 2 rings (SSSR count). The molecule has 88 valence electrons. The molecule has 2 unspecified atom stereocenters. The summed E-state index contributed by atoms with van der Waals surface area (Å²) in [6.07, 6.45) is 6.25. The Morgan fingerprint density at radius 1 is 1.38 bits per heavy atom. The molecule has 4 nitrogen and oxygen atoms in total. The fraction of sp³-hybridized carbons (Fsp3) is 0.583. The highest BCUT2D eigenvalue weighted by molar-refractivity contribution is 5.92. The van der Waals surface area contributed by atoms with Crippen molar-refractivity contribution in [1.29, 1.82) is 0 Å². The van der Waals surface area contributed by atoms with Crippen LogP contribution in [-0.2, 0) is 0 Å². The van der Waals surface area contributed by atoms with Gasteiger partial charge in [-0.05, 0) is 25.0 Å². The van der Waals surface area contributed by atoms with Crippen molar-refractivity contribution in [3.05, 3.63) is 24.0 Å². The zero-order valence-electron chi connectivity index (χ0n) is 9.28. The second-order valence-electron chi connectivity index (χ2n) is 4.37. The van der Waals surface area contributed by atoms with Gasteiger partial charge >= 0.3 is 0 Å². The highest BCUT2D eigenvalue weighted by Crippen LogP contribution is 2.18. The Morgan fingerprint density at radius 2 is 2.19 bits per heavy atom. The molecule has 16 heavy (non-hydrogen) atoms. The average molecular weight is 222 g/mol. The van der Waals surface area contributed by atoms with Crippen molar-refractivity contribution < 1.29 is 9.90 Å². The van der Waals surface area contributed by atoms with Gasteiger partial charge in [-0.1, -0.05) is 19.3 Å². The van der Waals surface area contributed by atoms with Crippen molar-refractivity contribution in [2.75, 3.05) is 0 Å². The Balaban J connectivity index is 1.95. The summed E-state index contributed by atoms with van der Waals surface area (Å²) in [6, 6.07) is 3.43. The topological polar surface area (TPSA) is 65.1 Å². The first kappa shape index (κ1) is 11.2. The molecule has 1 heterocycles. The van der Waals surface area contributed by atoms with Gasteiger partial charge in [0.25, 0.3) is 5.91 Å². The van der Waals surface area contributed by atoms with Gasteiger partial charge in [0, 0.05) is 6.20 Å². The van der Waals surface area contributed by atoms with Crippen molar-refractivity contribution in [2.24, 2.45) is 0 Å². The van der Waals surface area contributed by atoms with E-state index in [4.69, 9.17) is 0 Å². The molecule has 1 aliphatic carbocycles. The smallest absolute Gasteiger partial charge is 0.267 e. The van der Waals surface area contributed by atoms with E-state index in [1.54, 1.807) is 18.3 Å². The number of H-pyrrole nitrogens is 1. The number of aliphatic hydroxyl groups excluding tert-OH is 1. The van der Waals surface area contributed by atoms with Gasteiger partial charge in [-0.25, -0.2) is 0 Å². The van der Waals surface area contributed by atoms with Crippen LogP contribution >= 0.6 is 0 Å². The van der Waals surface area contributed by atoms with Crippen molar-refractivity contribution >= 4 is 5.91 Å². The number of carbonyl (C=O) groups is 1. The van der Waals surface area contributed by atoms with Crippen molar-refractivity contribution in [3.63, 3.8) is 0 Å². The molecule has 0 aromatic carbocycles. The Hall–Kier alpha value is -1.29. The van der Waals surface area contributed by atoms with Crippen molar-refractivity contribution in [3.8, 4) is 0 Å². The van der Waals surface area contributed by atoms with E-state index in [1.807, 2.05) is 0 Å². The standard InChI is InChI=1S/C12H18N2O2/c15-11-7-3-1-2-5-9(11)14-12(16)10-6-4-8-13-10/h4,6,8-9,11,13,15H,1-3,5,7H2,(H,14,16). The molecule has 0 bridgehead atoms. The van der Waals surface area contributed by atoms with Crippen LogP contribution in [0.4, 0.5) is 0 Å². The Kier molecular flexibility index (Phi) is 3.62. The van der Waals surface area contributed by atoms with Crippen LogP contribution in [0.15, 0.2) is 18.3 Å². The number of hydrogen-bond donors (Lipinski definition) is 3. The Morgan fingerprint density at radius 3 is 2.94 bits per heavy atom. The van der Waals surface area contributed by atoms with E-state index in [9.17, 15) is 9.90 Å². The first-order valence-corrected chi connectivity index (χ1v) is 5.89. The minimum absolute atomic E-state index is 0.0988. The molecule has 0 spiro atoms. The van der Waals surface area contributed by atoms with Crippen LogP contribution in [-0.4, -0.2) is 28.1 Å². The van der Waals surface area contributed by atoms with Gasteiger partial charge in [0.2, 0.25) is 0 Å². The zero-order chi connectivity index (χ0) is 11.4. The summed E-state index contributed by atoms with van der Waals surface area (Å²) in [7, 11) is 0. The van der Waals surface area contributed by atoms with Gasteiger partial charge in [-0.15, -0.1) is 0 Å². The van der Waals surface area contributed by atoms with E-state index in [0.717, 1.165) is 32.1 Å². The number of aromatic nitrogens is 1. The summed E-state index contributed by atoms with van der Waals surface area (Å²) in [5.41, 5.74) is 0.552. The van der Waals surface area contributed by atoms with E-state index >= 15 is 0 Å². The maximum Gasteiger partial charge on any atom is 0.267 e. The third kappa shape index (κ3) is 2.64. The lowest BCUT2D eigenvalue weighted by atomic mass is 10.1. The monoisotopic (exact) mass is 222 g/mol. The molecule has 4 heteroatoms. The predicted octanol–water partition coefficient (Wildman–Crippen LogP) is 1.44. The highest BCUT2D eigenvalue weighted by Gasteiger charge is 2.23. The van der Waals surface area contributed by atoms with E-state index in [1.165, 1.54) is 0 Å². The van der Waals surface area contributed by atoms with Gasteiger partial charge < -0.3 is 15.4 Å². The lowest BCUT2D eigenvalue weighted by molar-refractivity contribution is 0.0815. The molecule has 2 atom stereocenters. The number of aliphatic hydroxyl groups is 1. The number of nitrogens with one attached hydrogen (secondary N) is 2. The molecular formula is C12H18N2O2. The number of rotatable bonds is 2. The number of aromatic amines is 1. The van der Waals surface area contributed by atoms with E-state index in [-0.39, 0.29) is 11.9 Å². The molecule has 1 amide bonds. The van der Waals surface area contributed by atoms with Crippen molar-refractivity contribution in [1.82, 2.24) is 10.3 Å². The van der Waals surface area contributed by atoms with Gasteiger partial charge in [-0.3, -0.25) is 4.79 Å². The SMILES string of the molecule is O=C(NC1CCCCCC1O)c1ccc[nH]1. The van der Waals surface area contributed by atoms with E-state index in [2.05, 4.69) is 10.3 Å². The minimum Gasteiger partial charge on any atom is -0.391 e. The molecule has 1 aromatic heterocycles.